The highest BCUT2D eigenvalue weighted by molar-refractivity contribution is 6.30. The fourth-order valence-corrected chi connectivity index (χ4v) is 4.44. The predicted molar refractivity (Wildman–Crippen MR) is 117 cm³/mol. The molecular weight excluding hydrogens is 443 g/mol. The zero-order valence-electron chi connectivity index (χ0n) is 17.4. The molecule has 32 heavy (non-hydrogen) atoms. The van der Waals surface area contributed by atoms with Gasteiger partial charge in [-0.15, -0.1) is 0 Å². The lowest BCUT2D eigenvalue weighted by Gasteiger charge is -2.30. The van der Waals surface area contributed by atoms with E-state index in [0.29, 0.717) is 48.7 Å². The normalized spacial score (nSPS) is 20.9. The minimum atomic E-state index is -4.46. The van der Waals surface area contributed by atoms with Crippen molar-refractivity contribution in [2.24, 2.45) is 0 Å². The van der Waals surface area contributed by atoms with Gasteiger partial charge in [0.2, 0.25) is 0 Å². The predicted octanol–water partition coefficient (Wildman–Crippen LogP) is 4.80. The van der Waals surface area contributed by atoms with Gasteiger partial charge in [0, 0.05) is 43.4 Å². The molecule has 2 aliphatic rings. The number of nitrogens with zero attached hydrogens (tertiary/aromatic N) is 3. The van der Waals surface area contributed by atoms with Crippen LogP contribution in [0.4, 0.5) is 23.7 Å². The van der Waals surface area contributed by atoms with Crippen molar-refractivity contribution in [1.29, 1.82) is 0 Å². The molecule has 2 aromatic carbocycles. The number of carbonyl (C=O) groups is 1. The van der Waals surface area contributed by atoms with Crippen molar-refractivity contribution in [3.63, 3.8) is 0 Å². The van der Waals surface area contributed by atoms with Gasteiger partial charge in [-0.3, -0.25) is 4.90 Å². The molecule has 2 saturated heterocycles. The molecule has 4 rings (SSSR count). The quantitative estimate of drug-likeness (QED) is 0.687. The fraction of sp³-hybridized carbons (Fsp3) is 0.435. The van der Waals surface area contributed by atoms with E-state index in [1.54, 1.807) is 40.1 Å². The second-order valence-corrected chi connectivity index (χ2v) is 8.72. The maximum atomic E-state index is 13.3. The molecule has 2 heterocycles. The van der Waals surface area contributed by atoms with Crippen molar-refractivity contribution in [3.05, 3.63) is 64.7 Å². The Kier molecular flexibility index (Phi) is 6.65. The Balaban J connectivity index is 1.58. The first-order chi connectivity index (χ1) is 15.2. The van der Waals surface area contributed by atoms with E-state index in [1.165, 1.54) is 6.07 Å². The van der Waals surface area contributed by atoms with Crippen LogP contribution >= 0.6 is 11.6 Å². The molecule has 2 aliphatic heterocycles. The SMILES string of the molecule is O=C1N(CCN2CCC(O)CC2)C[C@H](c2cccc(C(F)(F)F)c2)N1c1ccc(Cl)cc1. The van der Waals surface area contributed by atoms with Crippen molar-refractivity contribution in [2.75, 3.05) is 37.6 Å². The highest BCUT2D eigenvalue weighted by atomic mass is 35.5. The first-order valence-corrected chi connectivity index (χ1v) is 11.0. The number of anilines is 1. The summed E-state index contributed by atoms with van der Waals surface area (Å²) in [4.78, 5) is 18.8. The molecule has 0 aliphatic carbocycles. The Labute approximate surface area is 190 Å². The topological polar surface area (TPSA) is 47.0 Å². The second kappa shape index (κ2) is 9.29. The summed E-state index contributed by atoms with van der Waals surface area (Å²) in [5, 5.41) is 10.2. The van der Waals surface area contributed by atoms with Crippen LogP contribution in [-0.2, 0) is 6.18 Å². The number of urea groups is 1. The lowest BCUT2D eigenvalue weighted by Crippen LogP contribution is -2.42. The number of amides is 2. The zero-order valence-corrected chi connectivity index (χ0v) is 18.2. The Hall–Kier alpha value is -2.29. The molecule has 0 aromatic heterocycles. The van der Waals surface area contributed by atoms with Crippen LogP contribution in [-0.4, -0.2) is 59.8 Å². The summed E-state index contributed by atoms with van der Waals surface area (Å²) in [6, 6.07) is 11.1. The smallest absolute Gasteiger partial charge is 0.393 e. The van der Waals surface area contributed by atoms with Gasteiger partial charge in [0.25, 0.3) is 0 Å². The first-order valence-electron chi connectivity index (χ1n) is 10.6. The summed E-state index contributed by atoms with van der Waals surface area (Å²) < 4.78 is 39.9. The Morgan fingerprint density at radius 2 is 1.72 bits per heavy atom. The molecule has 0 bridgehead atoms. The number of carbonyl (C=O) groups excluding carboxylic acids is 1. The Bertz CT molecular complexity index is 946. The lowest BCUT2D eigenvalue weighted by atomic mass is 10.0. The van der Waals surface area contributed by atoms with Gasteiger partial charge in [-0.05, 0) is 54.8 Å². The third-order valence-corrected chi connectivity index (χ3v) is 6.38. The van der Waals surface area contributed by atoms with Crippen LogP contribution in [0.25, 0.3) is 0 Å². The van der Waals surface area contributed by atoms with Gasteiger partial charge in [0.1, 0.15) is 0 Å². The van der Waals surface area contributed by atoms with E-state index in [9.17, 15) is 23.1 Å². The van der Waals surface area contributed by atoms with E-state index < -0.39 is 17.8 Å². The molecule has 1 N–H and O–H groups in total. The number of hydrogen-bond donors (Lipinski definition) is 1. The van der Waals surface area contributed by atoms with E-state index >= 15 is 0 Å². The number of likely N-dealkylation sites (tertiary alicyclic amines) is 1. The molecule has 9 heteroatoms. The van der Waals surface area contributed by atoms with Crippen molar-refractivity contribution >= 4 is 23.3 Å². The number of aliphatic hydroxyl groups is 1. The molecule has 0 radical (unpaired) electrons. The van der Waals surface area contributed by atoms with Crippen molar-refractivity contribution in [3.8, 4) is 0 Å². The van der Waals surface area contributed by atoms with E-state index in [0.717, 1.165) is 25.2 Å². The number of alkyl halides is 3. The average Bonchev–Trinajstić information content (AvgIpc) is 3.10. The van der Waals surface area contributed by atoms with Crippen LogP contribution in [0.15, 0.2) is 48.5 Å². The highest BCUT2D eigenvalue weighted by Crippen LogP contribution is 2.37. The average molecular weight is 468 g/mol. The van der Waals surface area contributed by atoms with Gasteiger partial charge >= 0.3 is 12.2 Å². The van der Waals surface area contributed by atoms with Gasteiger partial charge in [0.05, 0.1) is 17.7 Å². The molecule has 0 unspecified atom stereocenters. The largest absolute Gasteiger partial charge is 0.416 e. The minimum Gasteiger partial charge on any atom is -0.393 e. The summed E-state index contributed by atoms with van der Waals surface area (Å²) in [5.74, 6) is 0. The molecule has 5 nitrogen and oxygen atoms in total. The summed E-state index contributed by atoms with van der Waals surface area (Å²) in [7, 11) is 0. The van der Waals surface area contributed by atoms with Crippen LogP contribution in [0.1, 0.15) is 30.0 Å². The van der Waals surface area contributed by atoms with Crippen molar-refractivity contribution < 1.29 is 23.1 Å². The Morgan fingerprint density at radius 1 is 1.03 bits per heavy atom. The monoisotopic (exact) mass is 467 g/mol. The van der Waals surface area contributed by atoms with Gasteiger partial charge in [-0.2, -0.15) is 13.2 Å². The van der Waals surface area contributed by atoms with Crippen molar-refractivity contribution in [2.45, 2.75) is 31.2 Å². The number of halogens is 4. The van der Waals surface area contributed by atoms with Gasteiger partial charge in [-0.1, -0.05) is 23.7 Å². The fourth-order valence-electron chi connectivity index (χ4n) is 4.31. The molecule has 2 aromatic rings. The number of benzene rings is 2. The van der Waals surface area contributed by atoms with E-state index in [2.05, 4.69) is 4.90 Å². The molecule has 2 fully saturated rings. The standard InChI is InChI=1S/C23H25ClF3N3O2/c24-18-4-6-19(7-5-18)30-21(16-2-1-3-17(14-16)23(25,26)27)15-29(22(30)32)13-12-28-10-8-20(31)9-11-28/h1-7,14,20-21,31H,8-13,15H2/t21-/m1/s1. The molecule has 0 saturated carbocycles. The first kappa shape index (κ1) is 22.9. The van der Waals surface area contributed by atoms with Crippen LogP contribution in [0.3, 0.4) is 0 Å². The maximum absolute atomic E-state index is 13.3. The van der Waals surface area contributed by atoms with Gasteiger partial charge in [-0.25, -0.2) is 4.79 Å². The van der Waals surface area contributed by atoms with Crippen molar-refractivity contribution in [1.82, 2.24) is 9.80 Å². The third kappa shape index (κ3) is 5.03. The maximum Gasteiger partial charge on any atom is 0.416 e. The summed E-state index contributed by atoms with van der Waals surface area (Å²) in [5.41, 5.74) is 0.293. The number of aliphatic hydroxyl groups excluding tert-OH is 1. The van der Waals surface area contributed by atoms with Crippen LogP contribution < -0.4 is 4.90 Å². The van der Waals surface area contributed by atoms with Crippen LogP contribution in [0.2, 0.25) is 5.02 Å². The number of rotatable bonds is 5. The van der Waals surface area contributed by atoms with E-state index in [4.69, 9.17) is 11.6 Å². The number of hydrogen-bond acceptors (Lipinski definition) is 3. The van der Waals surface area contributed by atoms with E-state index in [1.807, 2.05) is 0 Å². The molecular formula is C23H25ClF3N3O2. The minimum absolute atomic E-state index is 0.244. The van der Waals surface area contributed by atoms with Crippen LogP contribution in [0, 0.1) is 0 Å². The van der Waals surface area contributed by atoms with Crippen LogP contribution in [0.5, 0.6) is 0 Å². The summed E-state index contributed by atoms with van der Waals surface area (Å²) in [6.45, 7) is 2.94. The summed E-state index contributed by atoms with van der Waals surface area (Å²) >= 11 is 5.99. The second-order valence-electron chi connectivity index (χ2n) is 8.29. The summed E-state index contributed by atoms with van der Waals surface area (Å²) in [6.07, 6.45) is -3.32. The third-order valence-electron chi connectivity index (χ3n) is 6.13. The van der Waals surface area contributed by atoms with E-state index in [-0.39, 0.29) is 12.1 Å². The molecule has 2 amide bonds. The molecule has 0 spiro atoms. The number of piperidine rings is 1. The van der Waals surface area contributed by atoms with Gasteiger partial charge < -0.3 is 14.9 Å². The molecule has 1 atom stereocenters. The lowest BCUT2D eigenvalue weighted by molar-refractivity contribution is -0.137. The Morgan fingerprint density at radius 3 is 2.38 bits per heavy atom. The highest BCUT2D eigenvalue weighted by Gasteiger charge is 2.40. The van der Waals surface area contributed by atoms with Gasteiger partial charge in [0.15, 0.2) is 0 Å². The zero-order chi connectivity index (χ0) is 22.9. The molecule has 172 valence electrons.